The molecule has 0 aliphatic carbocycles. The number of piperidine rings is 1. The Morgan fingerprint density at radius 3 is 2.48 bits per heavy atom. The lowest BCUT2D eigenvalue weighted by atomic mass is 10.0. The van der Waals surface area contributed by atoms with Gasteiger partial charge in [0.05, 0.1) is 0 Å². The first kappa shape index (κ1) is 18.1. The van der Waals surface area contributed by atoms with Crippen molar-refractivity contribution in [1.82, 2.24) is 10.2 Å². The summed E-state index contributed by atoms with van der Waals surface area (Å²) in [5.74, 6) is 0.955. The molecule has 0 radical (unpaired) electrons. The summed E-state index contributed by atoms with van der Waals surface area (Å²) in [5, 5.41) is 3.44. The molecular formula is C20H30N2O3. The summed E-state index contributed by atoms with van der Waals surface area (Å²) in [4.78, 5) is 13.9. The molecule has 2 heterocycles. The molecule has 5 nitrogen and oxygen atoms in total. The van der Waals surface area contributed by atoms with Crippen LogP contribution >= 0.6 is 0 Å². The van der Waals surface area contributed by atoms with E-state index in [4.69, 9.17) is 9.47 Å². The van der Waals surface area contributed by atoms with Crippen LogP contribution in [-0.4, -0.2) is 48.9 Å². The number of hydrogen-bond donors (Lipinski definition) is 1. The average Bonchev–Trinajstić information content (AvgIpc) is 2.79. The fraction of sp³-hybridized carbons (Fsp3) is 0.650. The van der Waals surface area contributed by atoms with Gasteiger partial charge in [0.25, 0.3) is 0 Å². The molecule has 0 atom stereocenters. The zero-order chi connectivity index (χ0) is 17.9. The van der Waals surface area contributed by atoms with Crippen LogP contribution in [0.5, 0.6) is 5.75 Å². The molecule has 0 saturated carbocycles. The fourth-order valence-corrected chi connectivity index (χ4v) is 3.40. The lowest BCUT2D eigenvalue weighted by molar-refractivity contribution is 0.0126. The van der Waals surface area contributed by atoms with E-state index in [0.29, 0.717) is 13.1 Å². The van der Waals surface area contributed by atoms with Crippen molar-refractivity contribution >= 4 is 6.09 Å². The van der Waals surface area contributed by atoms with Gasteiger partial charge in [0.1, 0.15) is 17.5 Å². The van der Waals surface area contributed by atoms with Gasteiger partial charge in [-0.25, -0.2) is 4.79 Å². The Morgan fingerprint density at radius 1 is 1.12 bits per heavy atom. The summed E-state index contributed by atoms with van der Waals surface area (Å²) >= 11 is 0. The number of carbonyl (C=O) groups excluding carboxylic acids is 1. The molecule has 5 heteroatoms. The Kier molecular flexibility index (Phi) is 5.52. The van der Waals surface area contributed by atoms with Crippen LogP contribution in [0.2, 0.25) is 0 Å². The van der Waals surface area contributed by atoms with E-state index in [9.17, 15) is 4.79 Å². The number of carbonyl (C=O) groups is 1. The maximum atomic E-state index is 12.1. The largest absolute Gasteiger partial charge is 0.490 e. The summed E-state index contributed by atoms with van der Waals surface area (Å²) in [5.41, 5.74) is 2.38. The molecule has 1 aromatic carbocycles. The minimum Gasteiger partial charge on any atom is -0.490 e. The van der Waals surface area contributed by atoms with Gasteiger partial charge >= 0.3 is 6.09 Å². The summed E-state index contributed by atoms with van der Waals surface area (Å²) in [6.45, 7) is 9.15. The van der Waals surface area contributed by atoms with Gasteiger partial charge < -0.3 is 19.7 Å². The lowest BCUT2D eigenvalue weighted by Crippen LogP contribution is -2.44. The van der Waals surface area contributed by atoms with Crippen molar-refractivity contribution in [3.8, 4) is 5.75 Å². The Morgan fingerprint density at radius 2 is 1.80 bits per heavy atom. The van der Waals surface area contributed by atoms with Gasteiger partial charge in [0, 0.05) is 25.9 Å². The van der Waals surface area contributed by atoms with Gasteiger partial charge in [0.15, 0.2) is 0 Å². The third kappa shape index (κ3) is 5.11. The van der Waals surface area contributed by atoms with Gasteiger partial charge in [-0.3, -0.25) is 0 Å². The van der Waals surface area contributed by atoms with Crippen molar-refractivity contribution in [1.29, 1.82) is 0 Å². The normalized spacial score (nSPS) is 19.1. The molecule has 1 N–H and O–H groups in total. The molecule has 1 aromatic rings. The van der Waals surface area contributed by atoms with E-state index in [1.165, 1.54) is 11.1 Å². The van der Waals surface area contributed by atoms with Crippen LogP contribution in [0.3, 0.4) is 0 Å². The van der Waals surface area contributed by atoms with Crippen LogP contribution in [-0.2, 0) is 17.6 Å². The molecule has 0 aromatic heterocycles. The first-order valence-electron chi connectivity index (χ1n) is 9.38. The average molecular weight is 346 g/mol. The van der Waals surface area contributed by atoms with Crippen LogP contribution in [0.15, 0.2) is 18.2 Å². The number of ether oxygens (including phenoxy) is 2. The van der Waals surface area contributed by atoms with Gasteiger partial charge in [-0.05, 0) is 70.0 Å². The number of hydrogen-bond acceptors (Lipinski definition) is 4. The third-order valence-corrected chi connectivity index (χ3v) is 4.72. The van der Waals surface area contributed by atoms with Crippen molar-refractivity contribution in [2.24, 2.45) is 0 Å². The second-order valence-corrected chi connectivity index (χ2v) is 7.97. The molecule has 2 aliphatic rings. The smallest absolute Gasteiger partial charge is 0.410 e. The monoisotopic (exact) mass is 346 g/mol. The zero-order valence-corrected chi connectivity index (χ0v) is 15.6. The van der Waals surface area contributed by atoms with E-state index >= 15 is 0 Å². The van der Waals surface area contributed by atoms with Crippen LogP contribution in [0.4, 0.5) is 4.79 Å². The highest BCUT2D eigenvalue weighted by molar-refractivity contribution is 5.68. The number of nitrogens with zero attached hydrogens (tertiary/aromatic N) is 1. The number of likely N-dealkylation sites (tertiary alicyclic amines) is 1. The molecule has 138 valence electrons. The molecule has 3 rings (SSSR count). The number of rotatable bonds is 2. The Hall–Kier alpha value is -1.75. The van der Waals surface area contributed by atoms with E-state index < -0.39 is 5.60 Å². The Balaban J connectivity index is 1.52. The predicted octanol–water partition coefficient (Wildman–Crippen LogP) is 3.15. The van der Waals surface area contributed by atoms with Gasteiger partial charge in [0.2, 0.25) is 0 Å². The van der Waals surface area contributed by atoms with Crippen molar-refractivity contribution in [3.63, 3.8) is 0 Å². The molecule has 1 saturated heterocycles. The lowest BCUT2D eigenvalue weighted by Gasteiger charge is -2.33. The Labute approximate surface area is 150 Å². The minimum atomic E-state index is -0.443. The molecule has 1 fully saturated rings. The van der Waals surface area contributed by atoms with E-state index in [1.54, 1.807) is 4.90 Å². The maximum Gasteiger partial charge on any atom is 0.410 e. The van der Waals surface area contributed by atoms with Crippen molar-refractivity contribution in [3.05, 3.63) is 29.3 Å². The van der Waals surface area contributed by atoms with Gasteiger partial charge in [-0.1, -0.05) is 6.07 Å². The van der Waals surface area contributed by atoms with E-state index in [2.05, 4.69) is 23.5 Å². The van der Waals surface area contributed by atoms with Crippen molar-refractivity contribution < 1.29 is 14.3 Å². The second kappa shape index (κ2) is 7.65. The predicted molar refractivity (Wildman–Crippen MR) is 98.2 cm³/mol. The summed E-state index contributed by atoms with van der Waals surface area (Å²) in [6.07, 6.45) is 3.78. The number of amides is 1. The summed E-state index contributed by atoms with van der Waals surface area (Å²) in [6, 6.07) is 6.49. The van der Waals surface area contributed by atoms with Crippen molar-refractivity contribution in [2.45, 2.75) is 58.2 Å². The molecule has 1 amide bonds. The molecule has 2 aliphatic heterocycles. The van der Waals surface area contributed by atoms with E-state index in [-0.39, 0.29) is 12.2 Å². The molecule has 0 bridgehead atoms. The third-order valence-electron chi connectivity index (χ3n) is 4.72. The van der Waals surface area contributed by atoms with Gasteiger partial charge in [-0.2, -0.15) is 0 Å². The van der Waals surface area contributed by atoms with Crippen molar-refractivity contribution in [2.75, 3.05) is 26.2 Å². The summed E-state index contributed by atoms with van der Waals surface area (Å²) in [7, 11) is 0. The molecule has 0 unspecified atom stereocenters. The fourth-order valence-electron chi connectivity index (χ4n) is 3.40. The van der Waals surface area contributed by atoms with Crippen LogP contribution in [0, 0.1) is 0 Å². The van der Waals surface area contributed by atoms with Gasteiger partial charge in [-0.15, -0.1) is 0 Å². The Bertz CT molecular complexity index is 601. The number of benzene rings is 1. The van der Waals surface area contributed by atoms with Crippen LogP contribution in [0.25, 0.3) is 0 Å². The second-order valence-electron chi connectivity index (χ2n) is 7.97. The first-order chi connectivity index (χ1) is 11.9. The number of fused-ring (bicyclic) bond motifs is 1. The van der Waals surface area contributed by atoms with E-state index in [1.807, 2.05) is 20.8 Å². The molecule has 0 spiro atoms. The first-order valence-corrected chi connectivity index (χ1v) is 9.38. The highest BCUT2D eigenvalue weighted by Gasteiger charge is 2.27. The molecule has 25 heavy (non-hydrogen) atoms. The number of nitrogens with one attached hydrogen (secondary N) is 1. The van der Waals surface area contributed by atoms with Crippen LogP contribution in [0.1, 0.15) is 44.7 Å². The maximum absolute atomic E-state index is 12.1. The van der Waals surface area contributed by atoms with Crippen LogP contribution < -0.4 is 10.1 Å². The highest BCUT2D eigenvalue weighted by Crippen LogP contribution is 2.24. The summed E-state index contributed by atoms with van der Waals surface area (Å²) < 4.78 is 11.6. The molecular weight excluding hydrogens is 316 g/mol. The standard InChI is InChI=1S/C20H30N2O3/c1-20(2,3)25-19(23)22-12-8-17(9-13-22)24-18-5-4-15-6-10-21-11-7-16(15)14-18/h4-5,14,17,21H,6-13H2,1-3H3. The quantitative estimate of drug-likeness (QED) is 0.894. The topological polar surface area (TPSA) is 50.8 Å². The highest BCUT2D eigenvalue weighted by atomic mass is 16.6. The SMILES string of the molecule is CC(C)(C)OC(=O)N1CCC(Oc2ccc3c(c2)CCNCC3)CC1. The zero-order valence-electron chi connectivity index (χ0n) is 15.6. The van der Waals surface area contributed by atoms with E-state index in [0.717, 1.165) is 44.5 Å². The minimum absolute atomic E-state index is 0.167.